The van der Waals surface area contributed by atoms with E-state index >= 15 is 0 Å². The molecular weight excluding hydrogens is 290 g/mol. The summed E-state index contributed by atoms with van der Waals surface area (Å²) in [5.74, 6) is 0.102. The van der Waals surface area contributed by atoms with Crippen molar-refractivity contribution >= 4 is 23.5 Å². The summed E-state index contributed by atoms with van der Waals surface area (Å²) in [5, 5.41) is 11.6. The zero-order valence-corrected chi connectivity index (χ0v) is 12.3. The first kappa shape index (κ1) is 14.2. The summed E-state index contributed by atoms with van der Waals surface area (Å²) in [7, 11) is 0. The Morgan fingerprint density at radius 2 is 2.29 bits per heavy atom. The molecule has 0 spiro atoms. The maximum Gasteiger partial charge on any atom is 0.236 e. The van der Waals surface area contributed by atoms with Gasteiger partial charge in [-0.05, 0) is 18.1 Å². The van der Waals surface area contributed by atoms with Crippen molar-refractivity contribution in [3.05, 3.63) is 29.8 Å². The molecule has 2 unspecified atom stereocenters. The minimum absolute atomic E-state index is 0.00913. The van der Waals surface area contributed by atoms with Crippen LogP contribution in [0, 0.1) is 0 Å². The van der Waals surface area contributed by atoms with Crippen LogP contribution in [0.4, 0.5) is 0 Å². The lowest BCUT2D eigenvalue weighted by molar-refractivity contribution is -0.136. The molecule has 2 atom stereocenters. The number of thioether (sulfide) groups is 1. The number of oxime groups is 1. The van der Waals surface area contributed by atoms with Crippen LogP contribution in [0.2, 0.25) is 0 Å². The SMILES string of the molecule is NC(=NO)C1CN(C(=O)C2Cc3ccccc3S2)CCO1. The third kappa shape index (κ3) is 2.84. The molecule has 2 aliphatic heterocycles. The largest absolute Gasteiger partial charge is 0.409 e. The molecule has 1 aromatic carbocycles. The van der Waals surface area contributed by atoms with Crippen LogP contribution in [0.3, 0.4) is 0 Å². The van der Waals surface area contributed by atoms with E-state index in [1.807, 2.05) is 18.2 Å². The van der Waals surface area contributed by atoms with Gasteiger partial charge in [-0.1, -0.05) is 23.4 Å². The summed E-state index contributed by atoms with van der Waals surface area (Å²) in [6, 6.07) is 8.09. The van der Waals surface area contributed by atoms with E-state index < -0.39 is 6.10 Å². The number of benzene rings is 1. The number of ether oxygens (including phenoxy) is 1. The van der Waals surface area contributed by atoms with E-state index in [2.05, 4.69) is 11.2 Å². The van der Waals surface area contributed by atoms with E-state index in [1.165, 1.54) is 10.5 Å². The van der Waals surface area contributed by atoms with E-state index in [4.69, 9.17) is 15.7 Å². The first-order chi connectivity index (χ1) is 10.2. The Labute approximate surface area is 126 Å². The predicted octanol–water partition coefficient (Wildman–Crippen LogP) is 0.677. The summed E-state index contributed by atoms with van der Waals surface area (Å²) in [5.41, 5.74) is 6.79. The number of morpholine rings is 1. The minimum Gasteiger partial charge on any atom is -0.409 e. The highest BCUT2D eigenvalue weighted by Gasteiger charge is 2.34. The van der Waals surface area contributed by atoms with Crippen LogP contribution in [0.15, 0.2) is 34.3 Å². The number of hydrogen-bond donors (Lipinski definition) is 2. The Bertz CT molecular complexity index is 553. The molecule has 2 heterocycles. The van der Waals surface area contributed by atoms with Gasteiger partial charge in [-0.3, -0.25) is 4.79 Å². The highest BCUT2D eigenvalue weighted by molar-refractivity contribution is 8.01. The molecule has 6 nitrogen and oxygen atoms in total. The van der Waals surface area contributed by atoms with Gasteiger partial charge in [0.1, 0.15) is 6.10 Å². The lowest BCUT2D eigenvalue weighted by Crippen LogP contribution is -2.52. The second kappa shape index (κ2) is 5.95. The molecule has 2 aliphatic rings. The summed E-state index contributed by atoms with van der Waals surface area (Å²) >= 11 is 1.61. The summed E-state index contributed by atoms with van der Waals surface area (Å²) in [4.78, 5) is 15.6. The molecule has 1 aromatic rings. The quantitative estimate of drug-likeness (QED) is 0.363. The smallest absolute Gasteiger partial charge is 0.236 e. The lowest BCUT2D eigenvalue weighted by Gasteiger charge is -2.33. The van der Waals surface area contributed by atoms with E-state index in [-0.39, 0.29) is 17.0 Å². The van der Waals surface area contributed by atoms with Crippen LogP contribution in [0.25, 0.3) is 0 Å². The third-order valence-electron chi connectivity index (χ3n) is 3.75. The molecule has 3 rings (SSSR count). The number of rotatable bonds is 2. The number of carbonyl (C=O) groups excluding carboxylic acids is 1. The third-order valence-corrected chi connectivity index (χ3v) is 5.05. The van der Waals surface area contributed by atoms with Gasteiger partial charge in [0.25, 0.3) is 0 Å². The molecule has 1 amide bonds. The lowest BCUT2D eigenvalue weighted by atomic mass is 10.1. The van der Waals surface area contributed by atoms with Gasteiger partial charge >= 0.3 is 0 Å². The number of fused-ring (bicyclic) bond motifs is 1. The van der Waals surface area contributed by atoms with Gasteiger partial charge in [-0.25, -0.2) is 0 Å². The van der Waals surface area contributed by atoms with Crippen molar-refractivity contribution in [2.45, 2.75) is 22.7 Å². The molecule has 7 heteroatoms. The molecule has 0 aromatic heterocycles. The maximum absolute atomic E-state index is 12.6. The van der Waals surface area contributed by atoms with Crippen molar-refractivity contribution in [3.8, 4) is 0 Å². The summed E-state index contributed by atoms with van der Waals surface area (Å²) < 4.78 is 5.42. The number of nitrogens with two attached hydrogens (primary N) is 1. The van der Waals surface area contributed by atoms with Crippen LogP contribution in [-0.2, 0) is 16.0 Å². The topological polar surface area (TPSA) is 88.2 Å². The van der Waals surface area contributed by atoms with Crippen molar-refractivity contribution in [2.24, 2.45) is 10.9 Å². The van der Waals surface area contributed by atoms with Gasteiger partial charge in [-0.2, -0.15) is 0 Å². The highest BCUT2D eigenvalue weighted by Crippen LogP contribution is 2.37. The minimum atomic E-state index is -0.526. The zero-order chi connectivity index (χ0) is 14.8. The van der Waals surface area contributed by atoms with Gasteiger partial charge in [0.05, 0.1) is 18.4 Å². The molecule has 0 bridgehead atoms. The summed E-state index contributed by atoms with van der Waals surface area (Å²) in [6.07, 6.45) is 0.229. The standard InChI is InChI=1S/C14H17N3O3S/c15-13(16-19)10-8-17(5-6-20-10)14(18)12-7-9-3-1-2-4-11(9)21-12/h1-4,10,12,19H,5-8H2,(H2,15,16). The number of amidine groups is 1. The van der Waals surface area contributed by atoms with E-state index in [1.54, 1.807) is 16.7 Å². The zero-order valence-electron chi connectivity index (χ0n) is 11.4. The van der Waals surface area contributed by atoms with Crippen LogP contribution >= 0.6 is 11.8 Å². The van der Waals surface area contributed by atoms with Gasteiger partial charge in [0.2, 0.25) is 5.91 Å². The van der Waals surface area contributed by atoms with Gasteiger partial charge in [0.15, 0.2) is 5.84 Å². The van der Waals surface area contributed by atoms with Crippen molar-refractivity contribution < 1.29 is 14.7 Å². The van der Waals surface area contributed by atoms with Gasteiger partial charge in [0, 0.05) is 11.4 Å². The molecule has 0 radical (unpaired) electrons. The Morgan fingerprint density at radius 1 is 1.48 bits per heavy atom. The average Bonchev–Trinajstić information content (AvgIpc) is 2.97. The van der Waals surface area contributed by atoms with Gasteiger partial charge in [-0.15, -0.1) is 11.8 Å². The fourth-order valence-corrected chi connectivity index (χ4v) is 3.90. The maximum atomic E-state index is 12.6. The highest BCUT2D eigenvalue weighted by atomic mass is 32.2. The van der Waals surface area contributed by atoms with Crippen molar-refractivity contribution in [3.63, 3.8) is 0 Å². The monoisotopic (exact) mass is 307 g/mol. The van der Waals surface area contributed by atoms with Crippen LogP contribution in [-0.4, -0.2) is 52.9 Å². The molecule has 3 N–H and O–H groups in total. The molecule has 0 aliphatic carbocycles. The fourth-order valence-electron chi connectivity index (χ4n) is 2.62. The van der Waals surface area contributed by atoms with E-state index in [0.29, 0.717) is 19.7 Å². The van der Waals surface area contributed by atoms with E-state index in [9.17, 15) is 4.79 Å². The van der Waals surface area contributed by atoms with Gasteiger partial charge < -0.3 is 20.6 Å². The first-order valence-electron chi connectivity index (χ1n) is 6.81. The van der Waals surface area contributed by atoms with Crippen LogP contribution in [0.5, 0.6) is 0 Å². The predicted molar refractivity (Wildman–Crippen MR) is 79.5 cm³/mol. The Kier molecular flexibility index (Phi) is 4.03. The van der Waals surface area contributed by atoms with Crippen molar-refractivity contribution in [2.75, 3.05) is 19.7 Å². The number of nitrogens with zero attached hydrogens (tertiary/aromatic N) is 2. The second-order valence-electron chi connectivity index (χ2n) is 5.09. The normalized spacial score (nSPS) is 25.7. The van der Waals surface area contributed by atoms with Crippen molar-refractivity contribution in [1.82, 2.24) is 4.90 Å². The number of amides is 1. The van der Waals surface area contributed by atoms with E-state index in [0.717, 1.165) is 6.42 Å². The second-order valence-corrected chi connectivity index (χ2v) is 6.33. The molecule has 0 saturated carbocycles. The molecular formula is C14H17N3O3S. The summed E-state index contributed by atoms with van der Waals surface area (Å²) in [6.45, 7) is 1.28. The molecule has 1 fully saturated rings. The fraction of sp³-hybridized carbons (Fsp3) is 0.429. The molecule has 21 heavy (non-hydrogen) atoms. The Morgan fingerprint density at radius 3 is 3.05 bits per heavy atom. The molecule has 1 saturated heterocycles. The van der Waals surface area contributed by atoms with Crippen LogP contribution < -0.4 is 5.73 Å². The number of carbonyl (C=O) groups is 1. The average molecular weight is 307 g/mol. The number of hydrogen-bond acceptors (Lipinski definition) is 5. The van der Waals surface area contributed by atoms with Crippen LogP contribution in [0.1, 0.15) is 5.56 Å². The first-order valence-corrected chi connectivity index (χ1v) is 7.69. The van der Waals surface area contributed by atoms with Crippen molar-refractivity contribution in [1.29, 1.82) is 0 Å². The Hall–Kier alpha value is -1.73. The Balaban J connectivity index is 1.66. The molecule has 112 valence electrons.